The maximum absolute atomic E-state index is 12.1. The zero-order valence-corrected chi connectivity index (χ0v) is 10.5. The van der Waals surface area contributed by atoms with Crippen molar-refractivity contribution in [2.45, 2.75) is 37.8 Å². The molecule has 0 aromatic heterocycles. The van der Waals surface area contributed by atoms with Gasteiger partial charge in [0, 0.05) is 6.04 Å². The van der Waals surface area contributed by atoms with Crippen LogP contribution in [0, 0.1) is 17.8 Å². The van der Waals surface area contributed by atoms with E-state index in [1.165, 1.54) is 0 Å². The summed E-state index contributed by atoms with van der Waals surface area (Å²) in [5.41, 5.74) is 11.0. The smallest absolute Gasteiger partial charge is 0.326 e. The number of hydrogen-bond donors (Lipinski definition) is 4. The predicted molar refractivity (Wildman–Crippen MR) is 65.7 cm³/mol. The van der Waals surface area contributed by atoms with Crippen LogP contribution in [0.1, 0.15) is 25.7 Å². The van der Waals surface area contributed by atoms with Crippen LogP contribution >= 0.6 is 0 Å². The van der Waals surface area contributed by atoms with E-state index in [1.54, 1.807) is 0 Å². The molecule has 0 aromatic carbocycles. The van der Waals surface area contributed by atoms with Gasteiger partial charge >= 0.3 is 5.97 Å². The summed E-state index contributed by atoms with van der Waals surface area (Å²) in [6.07, 6.45) is 2.53. The molecule has 7 heteroatoms. The molecular weight excluding hydrogens is 250 g/mol. The molecule has 2 amide bonds. The maximum Gasteiger partial charge on any atom is 0.326 e. The van der Waals surface area contributed by atoms with Crippen molar-refractivity contribution in [2.24, 2.45) is 29.2 Å². The Hall–Kier alpha value is -1.63. The molecule has 2 aliphatic rings. The molecule has 2 aliphatic carbocycles. The fourth-order valence-corrected chi connectivity index (χ4v) is 3.39. The standard InChI is InChI=1S/C12H19N3O4/c13-8(16)4-7(12(18)19)15-11(17)9-5-1-2-6(3-5)10(9)14/h5-7,9-10H,1-4,14H2,(H2,13,16)(H,15,17)(H,18,19)/t5?,6?,7-,9?,10?/m0/s1. The Kier molecular flexibility index (Phi) is 3.75. The van der Waals surface area contributed by atoms with Gasteiger partial charge in [-0.2, -0.15) is 0 Å². The van der Waals surface area contributed by atoms with Gasteiger partial charge in [-0.3, -0.25) is 9.59 Å². The highest BCUT2D eigenvalue weighted by Crippen LogP contribution is 2.47. The normalized spacial score (nSPS) is 33.9. The Balaban J connectivity index is 1.99. The quantitative estimate of drug-likeness (QED) is 0.497. The summed E-state index contributed by atoms with van der Waals surface area (Å²) in [7, 11) is 0. The average Bonchev–Trinajstić information content (AvgIpc) is 2.87. The minimum Gasteiger partial charge on any atom is -0.480 e. The van der Waals surface area contributed by atoms with E-state index >= 15 is 0 Å². The van der Waals surface area contributed by atoms with Crippen LogP contribution in [0.3, 0.4) is 0 Å². The fraction of sp³-hybridized carbons (Fsp3) is 0.750. The molecule has 7 nitrogen and oxygen atoms in total. The first-order valence-electron chi connectivity index (χ1n) is 6.47. The summed E-state index contributed by atoms with van der Waals surface area (Å²) >= 11 is 0. The van der Waals surface area contributed by atoms with Gasteiger partial charge in [-0.05, 0) is 31.1 Å². The molecule has 0 heterocycles. The third-order valence-electron chi connectivity index (χ3n) is 4.30. The van der Waals surface area contributed by atoms with Gasteiger partial charge in [-0.25, -0.2) is 4.79 Å². The van der Waals surface area contributed by atoms with Crippen LogP contribution < -0.4 is 16.8 Å². The van der Waals surface area contributed by atoms with E-state index in [4.69, 9.17) is 16.6 Å². The van der Waals surface area contributed by atoms with Crippen LogP contribution in [0.4, 0.5) is 0 Å². The van der Waals surface area contributed by atoms with E-state index in [1.807, 2.05) is 0 Å². The number of carbonyl (C=O) groups is 3. The number of fused-ring (bicyclic) bond motifs is 2. The number of amides is 2. The second-order valence-electron chi connectivity index (χ2n) is 5.51. The van der Waals surface area contributed by atoms with Crippen LogP contribution in [-0.2, 0) is 14.4 Å². The van der Waals surface area contributed by atoms with Crippen molar-refractivity contribution in [3.8, 4) is 0 Å². The Morgan fingerprint density at radius 3 is 2.37 bits per heavy atom. The number of aliphatic carboxylic acids is 1. The minimum atomic E-state index is -1.27. The van der Waals surface area contributed by atoms with Crippen molar-refractivity contribution in [3.63, 3.8) is 0 Å². The van der Waals surface area contributed by atoms with Crippen molar-refractivity contribution in [3.05, 3.63) is 0 Å². The zero-order valence-electron chi connectivity index (χ0n) is 10.5. The SMILES string of the molecule is NC(=O)C[C@H](NC(=O)C1C2CCC(C2)C1N)C(=O)O. The lowest BCUT2D eigenvalue weighted by atomic mass is 9.84. The summed E-state index contributed by atoms with van der Waals surface area (Å²) in [6.45, 7) is 0. The molecule has 0 aliphatic heterocycles. The van der Waals surface area contributed by atoms with Crippen LogP contribution in [0.15, 0.2) is 0 Å². The Morgan fingerprint density at radius 1 is 1.26 bits per heavy atom. The molecule has 0 spiro atoms. The van der Waals surface area contributed by atoms with Crippen LogP contribution in [-0.4, -0.2) is 35.0 Å². The van der Waals surface area contributed by atoms with Crippen molar-refractivity contribution < 1.29 is 19.5 Å². The van der Waals surface area contributed by atoms with Crippen LogP contribution in [0.5, 0.6) is 0 Å². The molecule has 2 bridgehead atoms. The minimum absolute atomic E-state index is 0.207. The number of carboxylic acids is 1. The second-order valence-corrected chi connectivity index (χ2v) is 5.51. The van der Waals surface area contributed by atoms with E-state index < -0.39 is 24.3 Å². The molecule has 0 radical (unpaired) electrons. The summed E-state index contributed by atoms with van der Waals surface area (Å²) in [5, 5.41) is 11.3. The highest BCUT2D eigenvalue weighted by Gasteiger charge is 2.49. The highest BCUT2D eigenvalue weighted by molar-refractivity contribution is 5.89. The van der Waals surface area contributed by atoms with Crippen LogP contribution in [0.25, 0.3) is 0 Å². The van der Waals surface area contributed by atoms with Crippen molar-refractivity contribution in [2.75, 3.05) is 0 Å². The molecule has 0 aromatic rings. The van der Waals surface area contributed by atoms with E-state index in [9.17, 15) is 14.4 Å². The van der Waals surface area contributed by atoms with Gasteiger partial charge in [0.25, 0.3) is 0 Å². The van der Waals surface area contributed by atoms with Gasteiger partial charge in [0.1, 0.15) is 6.04 Å². The predicted octanol–water partition coefficient (Wildman–Crippen LogP) is -1.20. The molecule has 2 fully saturated rings. The molecule has 19 heavy (non-hydrogen) atoms. The molecule has 6 N–H and O–H groups in total. The third-order valence-corrected chi connectivity index (χ3v) is 4.30. The number of rotatable bonds is 5. The third kappa shape index (κ3) is 2.70. The molecule has 0 saturated heterocycles. The van der Waals surface area contributed by atoms with Gasteiger partial charge in [0.05, 0.1) is 12.3 Å². The number of nitrogens with one attached hydrogen (secondary N) is 1. The van der Waals surface area contributed by atoms with Crippen molar-refractivity contribution in [1.82, 2.24) is 5.32 Å². The number of carbonyl (C=O) groups excluding carboxylic acids is 2. The van der Waals surface area contributed by atoms with E-state index in [0.29, 0.717) is 5.92 Å². The maximum atomic E-state index is 12.1. The summed E-state index contributed by atoms with van der Waals surface area (Å²) < 4.78 is 0. The summed E-state index contributed by atoms with van der Waals surface area (Å²) in [4.78, 5) is 33.9. The first-order chi connectivity index (χ1) is 8.90. The number of nitrogens with two attached hydrogens (primary N) is 2. The Bertz CT molecular complexity index is 410. The Labute approximate surface area is 110 Å². The van der Waals surface area contributed by atoms with Crippen LogP contribution in [0.2, 0.25) is 0 Å². The molecule has 4 unspecified atom stereocenters. The summed E-state index contributed by atoms with van der Waals surface area (Å²) in [5.74, 6) is -2.13. The van der Waals surface area contributed by atoms with Gasteiger partial charge in [0.2, 0.25) is 11.8 Å². The van der Waals surface area contributed by atoms with Crippen molar-refractivity contribution >= 4 is 17.8 Å². The van der Waals surface area contributed by atoms with Gasteiger partial charge in [-0.15, -0.1) is 0 Å². The number of carboxylic acid groups (broad SMARTS) is 1. The van der Waals surface area contributed by atoms with E-state index in [0.717, 1.165) is 19.3 Å². The zero-order chi connectivity index (χ0) is 14.2. The largest absolute Gasteiger partial charge is 0.480 e. The lowest BCUT2D eigenvalue weighted by Crippen LogP contribution is -2.51. The Morgan fingerprint density at radius 2 is 1.89 bits per heavy atom. The van der Waals surface area contributed by atoms with Gasteiger partial charge in [0.15, 0.2) is 0 Å². The first-order valence-corrected chi connectivity index (χ1v) is 6.47. The molecular formula is C12H19N3O4. The van der Waals surface area contributed by atoms with Gasteiger partial charge in [-0.1, -0.05) is 0 Å². The molecule has 2 rings (SSSR count). The molecule has 106 valence electrons. The van der Waals surface area contributed by atoms with E-state index in [-0.39, 0.29) is 23.8 Å². The van der Waals surface area contributed by atoms with E-state index in [2.05, 4.69) is 5.32 Å². The lowest BCUT2D eigenvalue weighted by molar-refractivity contribution is -0.144. The topological polar surface area (TPSA) is 136 Å². The molecule has 5 atom stereocenters. The second kappa shape index (κ2) is 5.16. The molecule has 2 saturated carbocycles. The monoisotopic (exact) mass is 269 g/mol. The summed E-state index contributed by atoms with van der Waals surface area (Å²) in [6, 6.07) is -1.47. The lowest BCUT2D eigenvalue weighted by Gasteiger charge is -2.28. The fourth-order valence-electron chi connectivity index (χ4n) is 3.39. The first kappa shape index (κ1) is 13.8. The van der Waals surface area contributed by atoms with Gasteiger partial charge < -0.3 is 21.9 Å². The number of primary amides is 1. The van der Waals surface area contributed by atoms with Crippen molar-refractivity contribution in [1.29, 1.82) is 0 Å². The average molecular weight is 269 g/mol. The highest BCUT2D eigenvalue weighted by atomic mass is 16.4. The number of hydrogen-bond acceptors (Lipinski definition) is 4.